The van der Waals surface area contributed by atoms with Crippen LogP contribution in [0.4, 0.5) is 9.59 Å². The summed E-state index contributed by atoms with van der Waals surface area (Å²) in [5, 5.41) is 13.3. The van der Waals surface area contributed by atoms with Crippen molar-refractivity contribution in [2.75, 3.05) is 54.4 Å². The van der Waals surface area contributed by atoms with Gasteiger partial charge in [0.2, 0.25) is 5.91 Å². The second-order valence-electron chi connectivity index (χ2n) is 15.1. The Morgan fingerprint density at radius 3 is 1.34 bits per heavy atom. The molecule has 0 bridgehead atoms. The molecule has 6 aliphatic rings. The van der Waals surface area contributed by atoms with E-state index >= 15 is 0 Å². The summed E-state index contributed by atoms with van der Waals surface area (Å²) in [6.07, 6.45) is 12.1. The maximum atomic E-state index is 12.6. The van der Waals surface area contributed by atoms with Crippen molar-refractivity contribution < 1.29 is 24.3 Å². The molecule has 4 unspecified atom stereocenters. The first-order chi connectivity index (χ1) is 20.9. The lowest BCUT2D eigenvalue weighted by Gasteiger charge is -2.34. The number of carboxylic acid groups (broad SMARTS) is 1. The van der Waals surface area contributed by atoms with Gasteiger partial charge < -0.3 is 24.7 Å². The Morgan fingerprint density at radius 1 is 0.682 bits per heavy atom. The number of carboxylic acids is 1. The van der Waals surface area contributed by atoms with E-state index in [9.17, 15) is 24.3 Å². The highest BCUT2D eigenvalue weighted by Crippen LogP contribution is 2.58. The number of amides is 5. The first kappa shape index (κ1) is 32.4. The zero-order chi connectivity index (χ0) is 31.8. The fourth-order valence-corrected chi connectivity index (χ4v) is 10.2. The average Bonchev–Trinajstić information content (AvgIpc) is 3.80. The van der Waals surface area contributed by atoms with Crippen LogP contribution in [0.1, 0.15) is 77.0 Å². The highest BCUT2D eigenvalue weighted by Gasteiger charge is 2.58. The van der Waals surface area contributed by atoms with Gasteiger partial charge in [0.15, 0.2) is 0 Å². The highest BCUT2D eigenvalue weighted by molar-refractivity contribution is 5.84. The second-order valence-corrected chi connectivity index (χ2v) is 15.1. The van der Waals surface area contributed by atoms with E-state index in [4.69, 9.17) is 5.53 Å². The maximum absolute atomic E-state index is 12.6. The van der Waals surface area contributed by atoms with E-state index in [0.29, 0.717) is 35.5 Å². The number of hydrogen-bond acceptors (Lipinski definition) is 4. The Morgan fingerprint density at radius 2 is 1.02 bits per heavy atom. The van der Waals surface area contributed by atoms with Gasteiger partial charge in [-0.1, -0.05) is 25.7 Å². The van der Waals surface area contributed by atoms with Crippen LogP contribution in [0, 0.1) is 46.3 Å². The molecule has 2 saturated heterocycles. The number of carbonyl (C=O) groups is 4. The summed E-state index contributed by atoms with van der Waals surface area (Å²) in [6, 6.07) is 0.110. The van der Waals surface area contributed by atoms with Crippen LogP contribution in [0.2, 0.25) is 0 Å². The van der Waals surface area contributed by atoms with Gasteiger partial charge in [-0.3, -0.25) is 9.59 Å². The van der Waals surface area contributed by atoms with Gasteiger partial charge in [-0.25, -0.2) is 9.59 Å². The summed E-state index contributed by atoms with van der Waals surface area (Å²) < 4.78 is 0. The predicted molar refractivity (Wildman–Crippen MR) is 164 cm³/mol. The molecule has 4 saturated carbocycles. The normalized spacial score (nSPS) is 34.6. The molecule has 0 radical (unpaired) electrons. The average molecular weight is 614 g/mol. The molecule has 0 aromatic heterocycles. The molecule has 0 aromatic carbocycles. The summed E-state index contributed by atoms with van der Waals surface area (Å²) in [4.78, 5) is 58.6. The molecule has 1 N–H and O–H groups in total. The van der Waals surface area contributed by atoms with Crippen molar-refractivity contribution in [3.8, 4) is 0 Å². The van der Waals surface area contributed by atoms with E-state index in [1.807, 2.05) is 9.80 Å². The van der Waals surface area contributed by atoms with Crippen LogP contribution in [-0.2, 0) is 9.59 Å². The van der Waals surface area contributed by atoms with Crippen molar-refractivity contribution in [2.24, 2.45) is 51.5 Å². The van der Waals surface area contributed by atoms with Crippen molar-refractivity contribution >= 4 is 23.9 Å². The molecular weight excluding hydrogens is 562 g/mol. The van der Waals surface area contributed by atoms with Gasteiger partial charge in [-0.15, -0.1) is 0 Å². The fraction of sp³-hybridized carbons (Fsp3) is 0.875. The molecule has 0 spiro atoms. The molecule has 2 aliphatic heterocycles. The van der Waals surface area contributed by atoms with Crippen LogP contribution in [-0.4, -0.2) is 103 Å². The monoisotopic (exact) mass is 613 g/mol. The summed E-state index contributed by atoms with van der Waals surface area (Å²) in [6.45, 7) is 2.92. The summed E-state index contributed by atoms with van der Waals surface area (Å²) in [5.41, 5.74) is 7.74. The lowest BCUT2D eigenvalue weighted by atomic mass is 9.71. The third-order valence-corrected chi connectivity index (χ3v) is 12.2. The van der Waals surface area contributed by atoms with Crippen molar-refractivity contribution in [3.05, 3.63) is 10.4 Å². The summed E-state index contributed by atoms with van der Waals surface area (Å²) in [5.74, 6) is 1.34. The van der Waals surface area contributed by atoms with Gasteiger partial charge in [0, 0.05) is 64.7 Å². The molecule has 4 aliphatic carbocycles. The van der Waals surface area contributed by atoms with E-state index in [-0.39, 0.29) is 18.0 Å². The number of fused-ring (bicyclic) bond motifs is 2. The Bertz CT molecular complexity index is 1140. The van der Waals surface area contributed by atoms with Crippen molar-refractivity contribution in [3.63, 3.8) is 0 Å². The van der Waals surface area contributed by atoms with Crippen LogP contribution < -0.4 is 0 Å². The minimum Gasteiger partial charge on any atom is -0.481 e. The second kappa shape index (κ2) is 12.8. The van der Waals surface area contributed by atoms with Crippen molar-refractivity contribution in [1.82, 2.24) is 19.6 Å². The first-order valence-electron chi connectivity index (χ1n) is 16.7. The van der Waals surface area contributed by atoms with Crippen LogP contribution in [0.3, 0.4) is 0 Å². The smallest absolute Gasteiger partial charge is 0.319 e. The van der Waals surface area contributed by atoms with Crippen LogP contribution in [0.5, 0.6) is 0 Å². The zero-order valence-corrected chi connectivity index (χ0v) is 27.0. The molecule has 6 rings (SSSR count). The number of likely N-dealkylation sites (tertiary alicyclic amines) is 2. The molecule has 2 heterocycles. The summed E-state index contributed by atoms with van der Waals surface area (Å²) >= 11 is 0. The lowest BCUT2D eigenvalue weighted by Crippen LogP contribution is -2.41. The minimum atomic E-state index is -0.589. The molecular formula is C32H51N7O5. The minimum absolute atomic E-state index is 0.0484. The van der Waals surface area contributed by atoms with Gasteiger partial charge in [0.25, 0.3) is 0 Å². The molecule has 5 amide bonds. The van der Waals surface area contributed by atoms with Crippen molar-refractivity contribution in [2.45, 2.75) is 77.0 Å². The van der Waals surface area contributed by atoms with E-state index in [1.54, 1.807) is 38.0 Å². The summed E-state index contributed by atoms with van der Waals surface area (Å²) in [7, 11) is 7.09. The SMILES string of the molecule is CN(C)C(=O)N1CC2CC(C(=O)N=[N+]=[N-])(C3CCCC3)CC2C1.CN(C)C(=O)N1CC2CC(C(=O)O)(C3CCCC3)CC2C1. The standard InChI is InChI=1S/C16H25N5O2.C16H26N2O3/c1-20(2)15(23)21-9-11-7-16(8-12(11)10-21,14(22)18-19-17)13-5-3-4-6-13;1-17(2)15(21)18-9-11-7-16(14(19)20,8-12(11)10-18)13-5-3-4-6-13/h11-13H,3-10H2,1-2H3;11-13H,3-10H2,1-2H3,(H,19,20). The number of rotatable bonds is 4. The first-order valence-corrected chi connectivity index (χ1v) is 16.7. The quantitative estimate of drug-likeness (QED) is 0.259. The largest absolute Gasteiger partial charge is 0.481 e. The third kappa shape index (κ3) is 5.86. The topological polar surface area (TPSA) is 150 Å². The van der Waals surface area contributed by atoms with Gasteiger partial charge in [0.05, 0.1) is 5.41 Å². The maximum Gasteiger partial charge on any atom is 0.319 e. The number of urea groups is 2. The Balaban J connectivity index is 0.000000175. The predicted octanol–water partition coefficient (Wildman–Crippen LogP) is 5.29. The molecule has 0 aromatic rings. The van der Waals surface area contributed by atoms with Gasteiger partial charge >= 0.3 is 18.0 Å². The molecule has 6 fully saturated rings. The molecule has 244 valence electrons. The van der Waals surface area contributed by atoms with E-state index in [0.717, 1.165) is 90.4 Å². The molecule has 12 nitrogen and oxygen atoms in total. The number of nitrogens with zero attached hydrogens (tertiary/aromatic N) is 7. The van der Waals surface area contributed by atoms with E-state index in [2.05, 4.69) is 10.0 Å². The van der Waals surface area contributed by atoms with Crippen molar-refractivity contribution in [1.29, 1.82) is 0 Å². The highest BCUT2D eigenvalue weighted by atomic mass is 16.4. The van der Waals surface area contributed by atoms with Crippen LogP contribution in [0.15, 0.2) is 5.11 Å². The Hall–Kier alpha value is -3.01. The molecule has 44 heavy (non-hydrogen) atoms. The van der Waals surface area contributed by atoms with E-state index < -0.39 is 16.8 Å². The van der Waals surface area contributed by atoms with E-state index in [1.165, 1.54) is 12.8 Å². The fourth-order valence-electron chi connectivity index (χ4n) is 10.2. The van der Waals surface area contributed by atoms with Gasteiger partial charge in [0.1, 0.15) is 0 Å². The number of hydrogen-bond donors (Lipinski definition) is 1. The lowest BCUT2D eigenvalue weighted by molar-refractivity contribution is -0.152. The Kier molecular flexibility index (Phi) is 9.40. The number of carbonyl (C=O) groups excluding carboxylic acids is 3. The Labute approximate surface area is 261 Å². The number of azide groups is 1. The number of aliphatic carboxylic acids is 1. The third-order valence-electron chi connectivity index (χ3n) is 12.2. The zero-order valence-electron chi connectivity index (χ0n) is 27.0. The van der Waals surface area contributed by atoms with Crippen LogP contribution in [0.25, 0.3) is 10.4 Å². The van der Waals surface area contributed by atoms with Gasteiger partial charge in [-0.2, -0.15) is 0 Å². The molecule has 12 heteroatoms. The van der Waals surface area contributed by atoms with Gasteiger partial charge in [-0.05, 0) is 97.5 Å². The molecule has 4 atom stereocenters. The van der Waals surface area contributed by atoms with Crippen LogP contribution >= 0.6 is 0 Å².